The quantitative estimate of drug-likeness (QED) is 0.759. The van der Waals surface area contributed by atoms with Gasteiger partial charge in [-0.05, 0) is 24.1 Å². The summed E-state index contributed by atoms with van der Waals surface area (Å²) in [7, 11) is 0. The smallest absolute Gasteiger partial charge is 0.254 e. The molecule has 1 amide bonds. The summed E-state index contributed by atoms with van der Waals surface area (Å²) in [5, 5.41) is 10.4. The lowest BCUT2D eigenvalue weighted by molar-refractivity contribution is 0.0936. The van der Waals surface area contributed by atoms with Crippen molar-refractivity contribution < 1.29 is 9.18 Å². The standard InChI is InChI=1S/C20H19FN4O/c21-17-9-5-4-8-16(17)20(26)22-15-10-11-25(13-15)19-12-18(23-24-19)14-6-2-1-3-7-14/h1-9,12,15H,10-11,13H2,(H,22,26)(H,23,24). The Bertz CT molecular complexity index is 909. The van der Waals surface area contributed by atoms with Crippen LogP contribution in [0.4, 0.5) is 10.2 Å². The Morgan fingerprint density at radius 2 is 1.92 bits per heavy atom. The number of halogens is 1. The minimum atomic E-state index is -0.500. The van der Waals surface area contributed by atoms with Crippen molar-refractivity contribution in [2.45, 2.75) is 12.5 Å². The van der Waals surface area contributed by atoms with Crippen molar-refractivity contribution in [3.05, 3.63) is 72.0 Å². The zero-order valence-corrected chi connectivity index (χ0v) is 14.2. The van der Waals surface area contributed by atoms with Crippen LogP contribution in [-0.2, 0) is 0 Å². The number of nitrogens with one attached hydrogen (secondary N) is 2. The zero-order chi connectivity index (χ0) is 17.9. The Morgan fingerprint density at radius 1 is 1.15 bits per heavy atom. The normalized spacial score (nSPS) is 16.7. The van der Waals surface area contributed by atoms with Gasteiger partial charge in [-0.1, -0.05) is 42.5 Å². The van der Waals surface area contributed by atoms with Crippen LogP contribution in [-0.4, -0.2) is 35.2 Å². The Kier molecular flexibility index (Phi) is 4.39. The molecule has 2 aromatic carbocycles. The summed E-state index contributed by atoms with van der Waals surface area (Å²) < 4.78 is 13.7. The van der Waals surface area contributed by atoms with Gasteiger partial charge in [-0.3, -0.25) is 9.89 Å². The predicted molar refractivity (Wildman–Crippen MR) is 98.5 cm³/mol. The number of nitrogens with zero attached hydrogens (tertiary/aromatic N) is 2. The van der Waals surface area contributed by atoms with E-state index in [-0.39, 0.29) is 17.5 Å². The van der Waals surface area contributed by atoms with Gasteiger partial charge >= 0.3 is 0 Å². The van der Waals surface area contributed by atoms with Crippen LogP contribution in [0.15, 0.2) is 60.7 Å². The third-order valence-corrected chi connectivity index (χ3v) is 4.62. The van der Waals surface area contributed by atoms with E-state index in [1.54, 1.807) is 12.1 Å². The molecule has 0 spiro atoms. The second-order valence-electron chi connectivity index (χ2n) is 6.39. The van der Waals surface area contributed by atoms with E-state index >= 15 is 0 Å². The summed E-state index contributed by atoms with van der Waals surface area (Å²) >= 11 is 0. The zero-order valence-electron chi connectivity index (χ0n) is 14.2. The molecule has 1 atom stereocenters. The van der Waals surface area contributed by atoms with E-state index in [2.05, 4.69) is 20.4 Å². The highest BCUT2D eigenvalue weighted by molar-refractivity contribution is 5.94. The van der Waals surface area contributed by atoms with Crippen LogP contribution in [0.2, 0.25) is 0 Å². The number of hydrogen-bond acceptors (Lipinski definition) is 3. The molecular weight excluding hydrogens is 331 g/mol. The molecule has 1 saturated heterocycles. The van der Waals surface area contributed by atoms with E-state index < -0.39 is 5.82 Å². The van der Waals surface area contributed by atoms with Crippen LogP contribution in [0, 0.1) is 5.82 Å². The van der Waals surface area contributed by atoms with Gasteiger partial charge in [-0.15, -0.1) is 0 Å². The lowest BCUT2D eigenvalue weighted by atomic mass is 10.1. The van der Waals surface area contributed by atoms with Gasteiger partial charge in [0, 0.05) is 25.2 Å². The Balaban J connectivity index is 1.41. The van der Waals surface area contributed by atoms with Gasteiger partial charge in [0.15, 0.2) is 5.82 Å². The fraction of sp³-hybridized carbons (Fsp3) is 0.200. The largest absolute Gasteiger partial charge is 0.353 e. The van der Waals surface area contributed by atoms with Crippen molar-refractivity contribution in [2.24, 2.45) is 0 Å². The molecule has 0 saturated carbocycles. The number of benzene rings is 2. The number of aromatic amines is 1. The van der Waals surface area contributed by atoms with E-state index in [1.807, 2.05) is 36.4 Å². The van der Waals surface area contributed by atoms with Gasteiger partial charge in [0.05, 0.1) is 11.3 Å². The van der Waals surface area contributed by atoms with Crippen LogP contribution >= 0.6 is 0 Å². The van der Waals surface area contributed by atoms with Crippen LogP contribution < -0.4 is 10.2 Å². The average Bonchev–Trinajstić information content (AvgIpc) is 3.32. The highest BCUT2D eigenvalue weighted by atomic mass is 19.1. The fourth-order valence-corrected chi connectivity index (χ4v) is 3.23. The van der Waals surface area contributed by atoms with E-state index in [9.17, 15) is 9.18 Å². The van der Waals surface area contributed by atoms with Crippen molar-refractivity contribution in [3.63, 3.8) is 0 Å². The van der Waals surface area contributed by atoms with E-state index in [4.69, 9.17) is 0 Å². The highest BCUT2D eigenvalue weighted by Gasteiger charge is 2.26. The van der Waals surface area contributed by atoms with Crippen molar-refractivity contribution in [1.29, 1.82) is 0 Å². The minimum Gasteiger partial charge on any atom is -0.353 e. The summed E-state index contributed by atoms with van der Waals surface area (Å²) in [4.78, 5) is 14.4. The fourth-order valence-electron chi connectivity index (χ4n) is 3.23. The summed E-state index contributed by atoms with van der Waals surface area (Å²) in [5.74, 6) is -0.0203. The molecule has 6 heteroatoms. The maximum atomic E-state index is 13.7. The number of aromatic nitrogens is 2. The first-order chi connectivity index (χ1) is 12.7. The number of carbonyl (C=O) groups excluding carboxylic acids is 1. The molecule has 1 fully saturated rings. The molecule has 0 aliphatic carbocycles. The van der Waals surface area contributed by atoms with Gasteiger partial charge in [0.1, 0.15) is 5.82 Å². The number of hydrogen-bond donors (Lipinski definition) is 2. The van der Waals surface area contributed by atoms with Gasteiger partial charge < -0.3 is 10.2 Å². The average molecular weight is 350 g/mol. The second-order valence-corrected chi connectivity index (χ2v) is 6.39. The molecule has 1 aliphatic rings. The molecule has 2 N–H and O–H groups in total. The first-order valence-electron chi connectivity index (χ1n) is 8.62. The van der Waals surface area contributed by atoms with Gasteiger partial charge in [-0.25, -0.2) is 4.39 Å². The lowest BCUT2D eigenvalue weighted by Crippen LogP contribution is -2.37. The van der Waals surface area contributed by atoms with Gasteiger partial charge in [-0.2, -0.15) is 5.10 Å². The monoisotopic (exact) mass is 350 g/mol. The molecule has 1 unspecified atom stereocenters. The van der Waals surface area contributed by atoms with Crippen molar-refractivity contribution >= 4 is 11.7 Å². The number of H-pyrrole nitrogens is 1. The summed E-state index contributed by atoms with van der Waals surface area (Å²) in [5.41, 5.74) is 2.12. The van der Waals surface area contributed by atoms with Crippen LogP contribution in [0.3, 0.4) is 0 Å². The van der Waals surface area contributed by atoms with Crippen LogP contribution in [0.25, 0.3) is 11.3 Å². The second kappa shape index (κ2) is 7.00. The third-order valence-electron chi connectivity index (χ3n) is 4.62. The minimum absolute atomic E-state index is 0.0287. The molecule has 0 bridgehead atoms. The number of anilines is 1. The number of rotatable bonds is 4. The Labute approximate surface area is 150 Å². The van der Waals surface area contributed by atoms with Crippen LogP contribution in [0.5, 0.6) is 0 Å². The maximum absolute atomic E-state index is 13.7. The van der Waals surface area contributed by atoms with Crippen molar-refractivity contribution in [1.82, 2.24) is 15.5 Å². The first kappa shape index (κ1) is 16.3. The van der Waals surface area contributed by atoms with Crippen LogP contribution in [0.1, 0.15) is 16.8 Å². The summed E-state index contributed by atoms with van der Waals surface area (Å²) in [6.07, 6.45) is 0.799. The lowest BCUT2D eigenvalue weighted by Gasteiger charge is -2.16. The molecule has 4 rings (SSSR count). The van der Waals surface area contributed by atoms with E-state index in [0.29, 0.717) is 6.54 Å². The SMILES string of the molecule is O=C(NC1CCN(c2cc(-c3ccccc3)[nH]n2)C1)c1ccccc1F. The molecule has 26 heavy (non-hydrogen) atoms. The summed E-state index contributed by atoms with van der Waals surface area (Å²) in [6, 6.07) is 18.0. The maximum Gasteiger partial charge on any atom is 0.254 e. The summed E-state index contributed by atoms with van der Waals surface area (Å²) in [6.45, 7) is 1.45. The molecule has 5 nitrogen and oxygen atoms in total. The van der Waals surface area contributed by atoms with Crippen molar-refractivity contribution in [3.8, 4) is 11.3 Å². The molecule has 1 aromatic heterocycles. The number of carbonyl (C=O) groups is 1. The molecule has 3 aromatic rings. The van der Waals surface area contributed by atoms with E-state index in [1.165, 1.54) is 12.1 Å². The Hall–Kier alpha value is -3.15. The molecule has 132 valence electrons. The topological polar surface area (TPSA) is 61.0 Å². The predicted octanol–water partition coefficient (Wildman–Crippen LogP) is 3.22. The van der Waals surface area contributed by atoms with E-state index in [0.717, 1.165) is 30.0 Å². The van der Waals surface area contributed by atoms with Gasteiger partial charge in [0.2, 0.25) is 0 Å². The molecule has 2 heterocycles. The highest BCUT2D eigenvalue weighted by Crippen LogP contribution is 2.24. The number of amides is 1. The molecule has 0 radical (unpaired) electrons. The molecule has 1 aliphatic heterocycles. The Morgan fingerprint density at radius 3 is 2.73 bits per heavy atom. The van der Waals surface area contributed by atoms with Crippen molar-refractivity contribution in [2.75, 3.05) is 18.0 Å². The van der Waals surface area contributed by atoms with Gasteiger partial charge in [0.25, 0.3) is 5.91 Å². The third kappa shape index (κ3) is 3.31. The first-order valence-corrected chi connectivity index (χ1v) is 8.62. The molecular formula is C20H19FN4O.